The van der Waals surface area contributed by atoms with Gasteiger partial charge in [0.05, 0.1) is 7.11 Å². The van der Waals surface area contributed by atoms with Gasteiger partial charge >= 0.3 is 0 Å². The molecule has 2 aromatic rings. The predicted octanol–water partition coefficient (Wildman–Crippen LogP) is 4.36. The summed E-state index contributed by atoms with van der Waals surface area (Å²) in [4.78, 5) is 1.47. The fourth-order valence-corrected chi connectivity index (χ4v) is 3.50. The Morgan fingerprint density at radius 2 is 2.11 bits per heavy atom. The quantitative estimate of drug-likeness (QED) is 0.847. The Labute approximate surface area is 119 Å². The summed E-state index contributed by atoms with van der Waals surface area (Å²) in [6, 6.07) is 6.94. The molecule has 0 saturated carbocycles. The van der Waals surface area contributed by atoms with Gasteiger partial charge in [-0.25, -0.2) is 0 Å². The average Bonchev–Trinajstić information content (AvgIpc) is 2.74. The predicted molar refractivity (Wildman–Crippen MR) is 84.3 cm³/mol. The smallest absolute Gasteiger partial charge is 0.120 e. The normalized spacial score (nSPS) is 11.4. The zero-order valence-corrected chi connectivity index (χ0v) is 13.1. The highest BCUT2D eigenvalue weighted by atomic mass is 32.1. The minimum atomic E-state index is 0.522. The summed E-state index contributed by atoms with van der Waals surface area (Å²) in [5.41, 5.74) is 1.51. The van der Waals surface area contributed by atoms with Crippen LogP contribution in [0, 0.1) is 0 Å². The van der Waals surface area contributed by atoms with Crippen LogP contribution in [0.5, 0.6) is 5.75 Å². The molecular formula is C16H23NOS. The molecule has 104 valence electrons. The summed E-state index contributed by atoms with van der Waals surface area (Å²) in [7, 11) is 1.73. The average molecular weight is 277 g/mol. The van der Waals surface area contributed by atoms with Crippen molar-refractivity contribution in [2.75, 3.05) is 7.11 Å². The third kappa shape index (κ3) is 3.28. The Hall–Kier alpha value is -1.06. The summed E-state index contributed by atoms with van der Waals surface area (Å²) in [6.45, 7) is 7.59. The molecule has 19 heavy (non-hydrogen) atoms. The molecule has 1 aromatic carbocycles. The number of fused-ring (bicyclic) bond motifs is 1. The zero-order chi connectivity index (χ0) is 13.8. The van der Waals surface area contributed by atoms with E-state index in [-0.39, 0.29) is 0 Å². The fraction of sp³-hybridized carbons (Fsp3) is 0.500. The van der Waals surface area contributed by atoms with Crippen molar-refractivity contribution in [1.82, 2.24) is 5.32 Å². The lowest BCUT2D eigenvalue weighted by Gasteiger charge is -2.08. The van der Waals surface area contributed by atoms with Crippen molar-refractivity contribution in [3.05, 3.63) is 28.6 Å². The number of ether oxygens (including phenoxy) is 1. The van der Waals surface area contributed by atoms with Crippen molar-refractivity contribution in [2.24, 2.45) is 0 Å². The van der Waals surface area contributed by atoms with E-state index in [4.69, 9.17) is 4.74 Å². The number of rotatable bonds is 6. The fourth-order valence-electron chi connectivity index (χ4n) is 2.27. The van der Waals surface area contributed by atoms with E-state index in [2.05, 4.69) is 44.3 Å². The second kappa shape index (κ2) is 6.40. The highest BCUT2D eigenvalue weighted by Crippen LogP contribution is 2.34. The van der Waals surface area contributed by atoms with Crippen LogP contribution in [-0.2, 0) is 13.0 Å². The Morgan fingerprint density at radius 1 is 1.32 bits per heavy atom. The Kier molecular flexibility index (Phi) is 4.83. The maximum atomic E-state index is 5.32. The topological polar surface area (TPSA) is 21.3 Å². The molecule has 0 bridgehead atoms. The molecule has 1 heterocycles. The van der Waals surface area contributed by atoms with Crippen LogP contribution in [0.2, 0.25) is 0 Å². The van der Waals surface area contributed by atoms with E-state index in [1.54, 1.807) is 7.11 Å². The van der Waals surface area contributed by atoms with Gasteiger partial charge < -0.3 is 10.1 Å². The lowest BCUT2D eigenvalue weighted by Crippen LogP contribution is -2.21. The number of hydrogen-bond acceptors (Lipinski definition) is 3. The van der Waals surface area contributed by atoms with E-state index in [0.29, 0.717) is 6.04 Å². The zero-order valence-electron chi connectivity index (χ0n) is 12.2. The second-order valence-electron chi connectivity index (χ2n) is 5.15. The van der Waals surface area contributed by atoms with E-state index in [9.17, 15) is 0 Å². The van der Waals surface area contributed by atoms with Gasteiger partial charge in [-0.3, -0.25) is 0 Å². The number of benzene rings is 1. The van der Waals surface area contributed by atoms with Gasteiger partial charge in [-0.2, -0.15) is 0 Å². The third-order valence-electron chi connectivity index (χ3n) is 3.25. The van der Waals surface area contributed by atoms with Crippen LogP contribution in [0.4, 0.5) is 0 Å². The van der Waals surface area contributed by atoms with E-state index < -0.39 is 0 Å². The molecule has 0 aliphatic heterocycles. The number of methoxy groups -OCH3 is 1. The van der Waals surface area contributed by atoms with Crippen molar-refractivity contribution >= 4 is 21.4 Å². The molecule has 2 nitrogen and oxygen atoms in total. The van der Waals surface area contributed by atoms with Crippen LogP contribution in [0.1, 0.15) is 37.6 Å². The first-order valence-corrected chi connectivity index (χ1v) is 7.79. The van der Waals surface area contributed by atoms with Crippen LogP contribution in [0.3, 0.4) is 0 Å². The lowest BCUT2D eigenvalue weighted by atomic mass is 10.1. The Balaban J connectivity index is 2.40. The van der Waals surface area contributed by atoms with Gasteiger partial charge in [-0.05, 0) is 35.6 Å². The van der Waals surface area contributed by atoms with E-state index >= 15 is 0 Å². The summed E-state index contributed by atoms with van der Waals surface area (Å²) >= 11 is 1.89. The summed E-state index contributed by atoms with van der Waals surface area (Å²) in [5.74, 6) is 0.945. The molecule has 0 amide bonds. The lowest BCUT2D eigenvalue weighted by molar-refractivity contribution is 0.415. The van der Waals surface area contributed by atoms with Gasteiger partial charge in [0.2, 0.25) is 0 Å². The van der Waals surface area contributed by atoms with E-state index in [1.165, 1.54) is 26.9 Å². The first-order chi connectivity index (χ1) is 9.15. The summed E-state index contributed by atoms with van der Waals surface area (Å²) in [5, 5.41) is 4.93. The Bertz CT molecular complexity index is 545. The highest BCUT2D eigenvalue weighted by molar-refractivity contribution is 7.19. The van der Waals surface area contributed by atoms with Crippen LogP contribution in [-0.4, -0.2) is 13.2 Å². The SMILES string of the molecule is CCCc1c(CNC(C)C)sc2cc(OC)ccc12. The van der Waals surface area contributed by atoms with Crippen molar-refractivity contribution in [1.29, 1.82) is 0 Å². The molecule has 0 radical (unpaired) electrons. The first kappa shape index (κ1) is 14.4. The van der Waals surface area contributed by atoms with Gasteiger partial charge in [0, 0.05) is 22.2 Å². The van der Waals surface area contributed by atoms with E-state index in [0.717, 1.165) is 18.7 Å². The second-order valence-corrected chi connectivity index (χ2v) is 6.29. The maximum absolute atomic E-state index is 5.32. The molecule has 0 aliphatic carbocycles. The maximum Gasteiger partial charge on any atom is 0.120 e. The van der Waals surface area contributed by atoms with Crippen LogP contribution >= 0.6 is 11.3 Å². The first-order valence-electron chi connectivity index (χ1n) is 6.97. The van der Waals surface area contributed by atoms with Crippen molar-refractivity contribution in [2.45, 2.75) is 46.2 Å². The Morgan fingerprint density at radius 3 is 2.74 bits per heavy atom. The monoisotopic (exact) mass is 277 g/mol. The molecule has 2 rings (SSSR count). The van der Waals surface area contributed by atoms with Crippen molar-refractivity contribution < 1.29 is 4.74 Å². The molecule has 1 aromatic heterocycles. The molecule has 0 spiro atoms. The van der Waals surface area contributed by atoms with Gasteiger partial charge in [0.25, 0.3) is 0 Å². The molecule has 0 atom stereocenters. The van der Waals surface area contributed by atoms with Gasteiger partial charge in [-0.1, -0.05) is 27.2 Å². The largest absolute Gasteiger partial charge is 0.497 e. The van der Waals surface area contributed by atoms with Gasteiger partial charge in [-0.15, -0.1) is 11.3 Å². The highest BCUT2D eigenvalue weighted by Gasteiger charge is 2.12. The summed E-state index contributed by atoms with van der Waals surface area (Å²) < 4.78 is 6.66. The van der Waals surface area contributed by atoms with Crippen LogP contribution in [0.25, 0.3) is 10.1 Å². The van der Waals surface area contributed by atoms with Crippen LogP contribution in [0.15, 0.2) is 18.2 Å². The van der Waals surface area contributed by atoms with E-state index in [1.807, 2.05) is 11.3 Å². The van der Waals surface area contributed by atoms with Crippen molar-refractivity contribution in [3.63, 3.8) is 0 Å². The summed E-state index contributed by atoms with van der Waals surface area (Å²) in [6.07, 6.45) is 2.34. The molecule has 0 aliphatic rings. The number of nitrogens with one attached hydrogen (secondary N) is 1. The van der Waals surface area contributed by atoms with Crippen molar-refractivity contribution in [3.8, 4) is 5.75 Å². The standard InChI is InChI=1S/C16H23NOS/c1-5-6-13-14-8-7-12(18-4)9-15(14)19-16(13)10-17-11(2)3/h7-9,11,17H,5-6,10H2,1-4H3. The number of thiophene rings is 1. The number of hydrogen-bond donors (Lipinski definition) is 1. The molecule has 3 heteroatoms. The number of aryl methyl sites for hydroxylation is 1. The molecule has 0 fully saturated rings. The van der Waals surface area contributed by atoms with Crippen LogP contribution < -0.4 is 10.1 Å². The molecule has 1 N–H and O–H groups in total. The minimum Gasteiger partial charge on any atom is -0.497 e. The molecule has 0 unspecified atom stereocenters. The molecule has 0 saturated heterocycles. The van der Waals surface area contributed by atoms with Gasteiger partial charge in [0.1, 0.15) is 5.75 Å². The molecular weight excluding hydrogens is 254 g/mol. The van der Waals surface area contributed by atoms with Gasteiger partial charge in [0.15, 0.2) is 0 Å². The third-order valence-corrected chi connectivity index (χ3v) is 4.45. The minimum absolute atomic E-state index is 0.522.